The van der Waals surface area contributed by atoms with E-state index in [0.29, 0.717) is 24.8 Å². The lowest BCUT2D eigenvalue weighted by atomic mass is 9.74. The lowest BCUT2D eigenvalue weighted by Gasteiger charge is -2.44. The minimum atomic E-state index is -0.418. The van der Waals surface area contributed by atoms with Gasteiger partial charge in [0.25, 0.3) is 0 Å². The number of carbonyl (C=O) groups is 2. The van der Waals surface area contributed by atoms with Crippen LogP contribution in [0.3, 0.4) is 0 Å². The third kappa shape index (κ3) is 3.33. The summed E-state index contributed by atoms with van der Waals surface area (Å²) in [7, 11) is 3.26. The number of hydrogen-bond acceptors (Lipinski definition) is 3. The van der Waals surface area contributed by atoms with Crippen molar-refractivity contribution in [3.05, 3.63) is 35.9 Å². The molecule has 0 radical (unpaired) electrons. The van der Waals surface area contributed by atoms with E-state index in [-0.39, 0.29) is 17.9 Å². The van der Waals surface area contributed by atoms with Crippen molar-refractivity contribution in [2.24, 2.45) is 5.92 Å². The first-order valence-corrected chi connectivity index (χ1v) is 8.24. The van der Waals surface area contributed by atoms with Crippen molar-refractivity contribution in [1.29, 1.82) is 0 Å². The van der Waals surface area contributed by atoms with Crippen molar-refractivity contribution in [1.82, 2.24) is 10.2 Å². The second-order valence-electron chi connectivity index (χ2n) is 6.68. The van der Waals surface area contributed by atoms with Gasteiger partial charge in [0.2, 0.25) is 5.91 Å². The fourth-order valence-electron chi connectivity index (χ4n) is 3.53. The van der Waals surface area contributed by atoms with Crippen LogP contribution >= 0.6 is 0 Å². The SMILES string of the molecule is COC(=O)NC1CC(C(=O)N(C)C2CC(c3ccccc3)C2)C1. The summed E-state index contributed by atoms with van der Waals surface area (Å²) < 4.78 is 4.57. The van der Waals surface area contributed by atoms with E-state index in [1.165, 1.54) is 12.7 Å². The molecule has 1 aromatic carbocycles. The first-order chi connectivity index (χ1) is 11.1. The second-order valence-corrected chi connectivity index (χ2v) is 6.68. The van der Waals surface area contributed by atoms with Crippen molar-refractivity contribution in [3.8, 4) is 0 Å². The Bertz CT molecular complexity index is 563. The Hall–Kier alpha value is -2.04. The molecule has 2 aliphatic rings. The average Bonchev–Trinajstić information content (AvgIpc) is 2.49. The third-order valence-corrected chi connectivity index (χ3v) is 5.27. The summed E-state index contributed by atoms with van der Waals surface area (Å²) in [6.07, 6.45) is 3.10. The second kappa shape index (κ2) is 6.60. The first kappa shape index (κ1) is 15.8. The van der Waals surface area contributed by atoms with Crippen molar-refractivity contribution in [2.45, 2.75) is 43.7 Å². The highest BCUT2D eigenvalue weighted by molar-refractivity contribution is 5.80. The highest BCUT2D eigenvalue weighted by atomic mass is 16.5. The molecule has 0 heterocycles. The third-order valence-electron chi connectivity index (χ3n) is 5.27. The monoisotopic (exact) mass is 316 g/mol. The lowest BCUT2D eigenvalue weighted by Crippen LogP contribution is -2.53. The Balaban J connectivity index is 1.43. The number of ether oxygens (including phenoxy) is 1. The minimum Gasteiger partial charge on any atom is -0.453 e. The molecule has 1 aromatic rings. The van der Waals surface area contributed by atoms with Crippen molar-refractivity contribution in [2.75, 3.05) is 14.2 Å². The molecule has 2 saturated carbocycles. The molecule has 23 heavy (non-hydrogen) atoms. The molecule has 0 unspecified atom stereocenters. The molecule has 0 atom stereocenters. The van der Waals surface area contributed by atoms with E-state index in [2.05, 4.69) is 34.3 Å². The van der Waals surface area contributed by atoms with Gasteiger partial charge in [-0.3, -0.25) is 4.79 Å². The fraction of sp³-hybridized carbons (Fsp3) is 0.556. The lowest BCUT2D eigenvalue weighted by molar-refractivity contribution is -0.141. The zero-order valence-corrected chi connectivity index (χ0v) is 13.7. The van der Waals surface area contributed by atoms with Crippen LogP contribution in [0, 0.1) is 5.92 Å². The maximum absolute atomic E-state index is 12.5. The number of amides is 2. The van der Waals surface area contributed by atoms with Crippen LogP contribution in [0.2, 0.25) is 0 Å². The Morgan fingerprint density at radius 3 is 2.39 bits per heavy atom. The van der Waals surface area contributed by atoms with Gasteiger partial charge in [0, 0.05) is 25.0 Å². The van der Waals surface area contributed by atoms with Gasteiger partial charge in [-0.1, -0.05) is 30.3 Å². The standard InChI is InChI=1S/C18H24N2O3/c1-20(16-10-13(11-16)12-6-4-3-5-7-12)17(21)14-8-15(9-14)19-18(22)23-2/h3-7,13-16H,8-11H2,1-2H3,(H,19,22). The van der Waals surface area contributed by atoms with Gasteiger partial charge in [0.1, 0.15) is 0 Å². The van der Waals surface area contributed by atoms with Crippen LogP contribution in [-0.4, -0.2) is 43.1 Å². The van der Waals surface area contributed by atoms with E-state index in [1.807, 2.05) is 18.0 Å². The molecule has 5 nitrogen and oxygen atoms in total. The molecule has 3 rings (SSSR count). The van der Waals surface area contributed by atoms with E-state index in [9.17, 15) is 9.59 Å². The summed E-state index contributed by atoms with van der Waals surface area (Å²) in [5.74, 6) is 0.828. The maximum atomic E-state index is 12.5. The molecule has 0 bridgehead atoms. The summed E-state index contributed by atoms with van der Waals surface area (Å²) in [6.45, 7) is 0. The number of hydrogen-bond donors (Lipinski definition) is 1. The highest BCUT2D eigenvalue weighted by Crippen LogP contribution is 2.40. The van der Waals surface area contributed by atoms with Crippen LogP contribution in [0.25, 0.3) is 0 Å². The van der Waals surface area contributed by atoms with Crippen molar-refractivity contribution in [3.63, 3.8) is 0 Å². The normalized spacial score (nSPS) is 29.0. The fourth-order valence-corrected chi connectivity index (χ4v) is 3.53. The van der Waals surface area contributed by atoms with Crippen LogP contribution in [-0.2, 0) is 9.53 Å². The minimum absolute atomic E-state index is 0.0398. The number of benzene rings is 1. The Kier molecular flexibility index (Phi) is 4.55. The number of carbonyl (C=O) groups excluding carboxylic acids is 2. The smallest absolute Gasteiger partial charge is 0.407 e. The predicted molar refractivity (Wildman–Crippen MR) is 87.0 cm³/mol. The van der Waals surface area contributed by atoms with Crippen molar-refractivity contribution < 1.29 is 14.3 Å². The summed E-state index contributed by atoms with van der Waals surface area (Å²) in [5, 5.41) is 2.74. The number of alkyl carbamates (subject to hydrolysis) is 1. The molecule has 1 N–H and O–H groups in total. The number of rotatable bonds is 4. The first-order valence-electron chi connectivity index (χ1n) is 8.24. The highest BCUT2D eigenvalue weighted by Gasteiger charge is 2.41. The quantitative estimate of drug-likeness (QED) is 0.928. The molecular formula is C18H24N2O3. The van der Waals surface area contributed by atoms with Gasteiger partial charge in [0.15, 0.2) is 0 Å². The molecule has 2 fully saturated rings. The van der Waals surface area contributed by atoms with E-state index in [4.69, 9.17) is 0 Å². The Labute approximate surface area is 137 Å². The van der Waals surface area contributed by atoms with Gasteiger partial charge in [-0.25, -0.2) is 4.79 Å². The molecule has 2 aliphatic carbocycles. The Morgan fingerprint density at radius 1 is 1.13 bits per heavy atom. The molecule has 0 saturated heterocycles. The number of nitrogens with zero attached hydrogens (tertiary/aromatic N) is 1. The molecule has 5 heteroatoms. The van der Waals surface area contributed by atoms with E-state index in [1.54, 1.807) is 0 Å². The molecular weight excluding hydrogens is 292 g/mol. The van der Waals surface area contributed by atoms with Gasteiger partial charge in [-0.15, -0.1) is 0 Å². The molecule has 0 spiro atoms. The van der Waals surface area contributed by atoms with Crippen molar-refractivity contribution >= 4 is 12.0 Å². The van der Waals surface area contributed by atoms with E-state index >= 15 is 0 Å². The topological polar surface area (TPSA) is 58.6 Å². The van der Waals surface area contributed by atoms with E-state index in [0.717, 1.165) is 12.8 Å². The number of methoxy groups -OCH3 is 1. The molecule has 0 aliphatic heterocycles. The molecule has 0 aromatic heterocycles. The van der Waals surface area contributed by atoms with Gasteiger partial charge >= 0.3 is 6.09 Å². The zero-order valence-electron chi connectivity index (χ0n) is 13.7. The predicted octanol–water partition coefficient (Wildman–Crippen LogP) is 2.53. The van der Waals surface area contributed by atoms with Crippen LogP contribution in [0.5, 0.6) is 0 Å². The summed E-state index contributed by atoms with van der Waals surface area (Å²) in [5.41, 5.74) is 1.37. The van der Waals surface area contributed by atoms with Gasteiger partial charge in [-0.05, 0) is 37.2 Å². The average molecular weight is 316 g/mol. The summed E-state index contributed by atoms with van der Waals surface area (Å²) >= 11 is 0. The van der Waals surface area contributed by atoms with Crippen LogP contribution in [0.15, 0.2) is 30.3 Å². The number of nitrogens with one attached hydrogen (secondary N) is 1. The summed E-state index contributed by atoms with van der Waals surface area (Å²) in [6, 6.07) is 10.9. The van der Waals surface area contributed by atoms with Gasteiger partial charge < -0.3 is 15.0 Å². The zero-order chi connectivity index (χ0) is 16.4. The van der Waals surface area contributed by atoms with Crippen LogP contribution < -0.4 is 5.32 Å². The largest absolute Gasteiger partial charge is 0.453 e. The molecule has 124 valence electrons. The summed E-state index contributed by atoms with van der Waals surface area (Å²) in [4.78, 5) is 25.5. The van der Waals surface area contributed by atoms with Crippen LogP contribution in [0.4, 0.5) is 4.79 Å². The maximum Gasteiger partial charge on any atom is 0.407 e. The van der Waals surface area contributed by atoms with Gasteiger partial charge in [-0.2, -0.15) is 0 Å². The molecule has 2 amide bonds. The van der Waals surface area contributed by atoms with E-state index < -0.39 is 6.09 Å². The van der Waals surface area contributed by atoms with Gasteiger partial charge in [0.05, 0.1) is 7.11 Å². The Morgan fingerprint density at radius 2 is 1.78 bits per heavy atom. The van der Waals surface area contributed by atoms with Crippen LogP contribution in [0.1, 0.15) is 37.2 Å².